The molecule has 2 heterocycles. The summed E-state index contributed by atoms with van der Waals surface area (Å²) in [7, 11) is 0. The van der Waals surface area contributed by atoms with Gasteiger partial charge >= 0.3 is 0 Å². The number of amides is 1. The summed E-state index contributed by atoms with van der Waals surface area (Å²) in [5.74, 6) is 0.364. The summed E-state index contributed by atoms with van der Waals surface area (Å²) in [5.41, 5.74) is 1.27. The monoisotopic (exact) mass is 293 g/mol. The zero-order chi connectivity index (χ0) is 14.9. The van der Waals surface area contributed by atoms with Gasteiger partial charge in [-0.25, -0.2) is 4.68 Å². The summed E-state index contributed by atoms with van der Waals surface area (Å²) in [6, 6.07) is 13.8. The third-order valence-electron chi connectivity index (χ3n) is 3.83. The van der Waals surface area contributed by atoms with Crippen LogP contribution in [0.3, 0.4) is 0 Å². The molecular weight excluding hydrogens is 278 g/mol. The number of hydrogen-bond acceptors (Lipinski definition) is 3. The van der Waals surface area contributed by atoms with Crippen LogP contribution in [0, 0.1) is 0 Å². The van der Waals surface area contributed by atoms with Gasteiger partial charge < -0.3 is 10.1 Å². The van der Waals surface area contributed by atoms with E-state index in [1.54, 1.807) is 10.9 Å². The fourth-order valence-electron chi connectivity index (χ4n) is 2.75. The largest absolute Gasteiger partial charge is 0.477 e. The lowest BCUT2D eigenvalue weighted by molar-refractivity contribution is 0.102. The maximum atomic E-state index is 12.5. The van der Waals surface area contributed by atoms with Gasteiger partial charge in [-0.05, 0) is 11.5 Å². The van der Waals surface area contributed by atoms with Crippen LogP contribution in [-0.4, -0.2) is 22.3 Å². The van der Waals surface area contributed by atoms with Gasteiger partial charge in [-0.15, -0.1) is 0 Å². The first kappa shape index (κ1) is 12.9. The first-order valence-electron chi connectivity index (χ1n) is 7.30. The maximum absolute atomic E-state index is 12.5. The third kappa shape index (κ3) is 2.11. The van der Waals surface area contributed by atoms with E-state index >= 15 is 0 Å². The molecule has 1 N–H and O–H groups in total. The summed E-state index contributed by atoms with van der Waals surface area (Å²) in [6.45, 7) is 1.41. The van der Waals surface area contributed by atoms with Gasteiger partial charge in [0, 0.05) is 24.0 Å². The molecule has 2 aromatic carbocycles. The lowest BCUT2D eigenvalue weighted by atomic mass is 10.1. The molecule has 0 fully saturated rings. The van der Waals surface area contributed by atoms with Gasteiger partial charge in [-0.3, -0.25) is 4.79 Å². The van der Waals surface area contributed by atoms with Crippen molar-refractivity contribution in [3.05, 3.63) is 54.2 Å². The lowest BCUT2D eigenvalue weighted by Crippen LogP contribution is -2.18. The Morgan fingerprint density at radius 1 is 1.18 bits per heavy atom. The molecule has 0 bridgehead atoms. The first-order chi connectivity index (χ1) is 10.8. The van der Waals surface area contributed by atoms with Crippen LogP contribution >= 0.6 is 0 Å². The normalized spacial score (nSPS) is 13.5. The highest BCUT2D eigenvalue weighted by molar-refractivity contribution is 6.10. The predicted octanol–water partition coefficient (Wildman–Crippen LogP) is 3.07. The molecule has 110 valence electrons. The standard InChI is InChI=1S/C17H15N3O2/c21-16(14-11-18-20-9-4-10-22-17(14)20)19-15-8-3-6-12-5-1-2-7-13(12)15/h1-3,5-8,11H,4,9-10H2,(H,19,21). The van der Waals surface area contributed by atoms with Gasteiger partial charge in [0.05, 0.1) is 12.8 Å². The van der Waals surface area contributed by atoms with Crippen molar-refractivity contribution in [1.29, 1.82) is 0 Å². The second kappa shape index (κ2) is 5.18. The van der Waals surface area contributed by atoms with Crippen molar-refractivity contribution in [2.24, 2.45) is 0 Å². The molecule has 3 aromatic rings. The Morgan fingerprint density at radius 2 is 2.05 bits per heavy atom. The summed E-state index contributed by atoms with van der Waals surface area (Å²) < 4.78 is 7.32. The summed E-state index contributed by atoms with van der Waals surface area (Å²) in [5, 5.41) is 9.28. The Hall–Kier alpha value is -2.82. The number of aromatic nitrogens is 2. The van der Waals surface area contributed by atoms with Crippen molar-refractivity contribution in [1.82, 2.24) is 9.78 Å². The number of hydrogen-bond donors (Lipinski definition) is 1. The van der Waals surface area contributed by atoms with E-state index in [9.17, 15) is 4.79 Å². The molecule has 0 spiro atoms. The van der Waals surface area contributed by atoms with Crippen molar-refractivity contribution in [2.75, 3.05) is 11.9 Å². The van der Waals surface area contributed by atoms with Crippen LogP contribution in [0.5, 0.6) is 5.88 Å². The fourth-order valence-corrected chi connectivity index (χ4v) is 2.75. The molecule has 5 heteroatoms. The second-order valence-corrected chi connectivity index (χ2v) is 5.27. The van der Waals surface area contributed by atoms with Gasteiger partial charge in [-0.2, -0.15) is 5.10 Å². The topological polar surface area (TPSA) is 56.2 Å². The molecule has 4 rings (SSSR count). The van der Waals surface area contributed by atoms with Crippen molar-refractivity contribution in [2.45, 2.75) is 13.0 Å². The number of fused-ring (bicyclic) bond motifs is 2. The number of nitrogens with zero attached hydrogens (tertiary/aromatic N) is 2. The van der Waals surface area contributed by atoms with Crippen LogP contribution < -0.4 is 10.1 Å². The summed E-state index contributed by atoms with van der Waals surface area (Å²) >= 11 is 0. The Labute approximate surface area is 127 Å². The third-order valence-corrected chi connectivity index (χ3v) is 3.83. The number of anilines is 1. The molecule has 1 aliphatic heterocycles. The highest BCUT2D eigenvalue weighted by Crippen LogP contribution is 2.26. The molecule has 0 radical (unpaired) electrons. The number of benzene rings is 2. The number of carbonyl (C=O) groups excluding carboxylic acids is 1. The molecule has 1 amide bonds. The minimum Gasteiger partial charge on any atom is -0.477 e. The molecule has 0 aliphatic carbocycles. The van der Waals surface area contributed by atoms with Gasteiger partial charge in [0.1, 0.15) is 5.56 Å². The molecule has 0 saturated heterocycles. The van der Waals surface area contributed by atoms with E-state index in [-0.39, 0.29) is 5.91 Å². The Kier molecular flexibility index (Phi) is 3.04. The van der Waals surface area contributed by atoms with Crippen LogP contribution in [0.2, 0.25) is 0 Å². The maximum Gasteiger partial charge on any atom is 0.262 e. The average Bonchev–Trinajstić information content (AvgIpc) is 2.99. The van der Waals surface area contributed by atoms with Crippen molar-refractivity contribution < 1.29 is 9.53 Å². The second-order valence-electron chi connectivity index (χ2n) is 5.27. The highest BCUT2D eigenvalue weighted by atomic mass is 16.5. The van der Waals surface area contributed by atoms with Crippen molar-refractivity contribution in [3.63, 3.8) is 0 Å². The molecule has 1 aliphatic rings. The molecule has 22 heavy (non-hydrogen) atoms. The predicted molar refractivity (Wildman–Crippen MR) is 84.2 cm³/mol. The van der Waals surface area contributed by atoms with Gasteiger partial charge in [-0.1, -0.05) is 36.4 Å². The quantitative estimate of drug-likeness (QED) is 0.790. The van der Waals surface area contributed by atoms with Crippen LogP contribution in [0.15, 0.2) is 48.7 Å². The lowest BCUT2D eigenvalue weighted by Gasteiger charge is -2.16. The SMILES string of the molecule is O=C(Nc1cccc2ccccc12)c1cnn2c1OCCC2. The van der Waals surface area contributed by atoms with E-state index in [0.29, 0.717) is 18.1 Å². The number of rotatable bonds is 2. The molecule has 0 saturated carbocycles. The van der Waals surface area contributed by atoms with Crippen LogP contribution in [0.1, 0.15) is 16.8 Å². The Morgan fingerprint density at radius 3 is 3.00 bits per heavy atom. The fraction of sp³-hybridized carbons (Fsp3) is 0.176. The number of nitrogens with one attached hydrogen (secondary N) is 1. The minimum absolute atomic E-state index is 0.195. The van der Waals surface area contributed by atoms with E-state index in [1.807, 2.05) is 42.5 Å². The van der Waals surface area contributed by atoms with E-state index < -0.39 is 0 Å². The molecule has 0 unspecified atom stereocenters. The zero-order valence-corrected chi connectivity index (χ0v) is 12.0. The van der Waals surface area contributed by atoms with E-state index in [1.165, 1.54) is 0 Å². The van der Waals surface area contributed by atoms with Gasteiger partial charge in [0.2, 0.25) is 5.88 Å². The first-order valence-corrected chi connectivity index (χ1v) is 7.30. The van der Waals surface area contributed by atoms with Gasteiger partial charge in [0.25, 0.3) is 5.91 Å². The van der Waals surface area contributed by atoms with Gasteiger partial charge in [0.15, 0.2) is 0 Å². The molecular formula is C17H15N3O2. The van der Waals surface area contributed by atoms with E-state index in [4.69, 9.17) is 4.74 Å². The zero-order valence-electron chi connectivity index (χ0n) is 12.0. The number of aryl methyl sites for hydroxylation is 1. The molecule has 1 aromatic heterocycles. The van der Waals surface area contributed by atoms with Crippen molar-refractivity contribution >= 4 is 22.4 Å². The van der Waals surface area contributed by atoms with E-state index in [2.05, 4.69) is 10.4 Å². The Bertz CT molecular complexity index is 849. The molecule has 0 atom stereocenters. The minimum atomic E-state index is -0.195. The van der Waals surface area contributed by atoms with Crippen LogP contribution in [0.4, 0.5) is 5.69 Å². The summed E-state index contributed by atoms with van der Waals surface area (Å²) in [6.07, 6.45) is 2.49. The Balaban J connectivity index is 1.68. The summed E-state index contributed by atoms with van der Waals surface area (Å²) in [4.78, 5) is 12.5. The number of carbonyl (C=O) groups is 1. The van der Waals surface area contributed by atoms with Crippen LogP contribution in [-0.2, 0) is 6.54 Å². The highest BCUT2D eigenvalue weighted by Gasteiger charge is 2.21. The smallest absolute Gasteiger partial charge is 0.262 e. The molecule has 5 nitrogen and oxygen atoms in total. The number of ether oxygens (including phenoxy) is 1. The van der Waals surface area contributed by atoms with Crippen molar-refractivity contribution in [3.8, 4) is 5.88 Å². The van der Waals surface area contributed by atoms with Crippen LogP contribution in [0.25, 0.3) is 10.8 Å². The average molecular weight is 293 g/mol. The van der Waals surface area contributed by atoms with E-state index in [0.717, 1.165) is 29.4 Å².